The SMILES string of the molecule is CC(C)(C)OC(=O)N1CCCN(c2nc(SC(C(N)=O)c3ccccc3)c(C#N)c(C3CC3)c2C#N)CC1. The molecule has 4 rings (SSSR count). The zero-order valence-electron chi connectivity index (χ0n) is 21.9. The molecule has 1 unspecified atom stereocenters. The van der Waals surface area contributed by atoms with Crippen molar-refractivity contribution in [2.75, 3.05) is 31.1 Å². The number of rotatable bonds is 6. The second-order valence-electron chi connectivity index (χ2n) is 10.5. The maximum atomic E-state index is 12.7. The first-order valence-electron chi connectivity index (χ1n) is 12.7. The topological polar surface area (TPSA) is 136 Å². The lowest BCUT2D eigenvalue weighted by Crippen LogP contribution is -2.39. The van der Waals surface area contributed by atoms with Crippen molar-refractivity contribution in [2.45, 2.75) is 61.8 Å². The average molecular weight is 533 g/mol. The van der Waals surface area contributed by atoms with E-state index in [2.05, 4.69) is 12.1 Å². The maximum absolute atomic E-state index is 12.7. The van der Waals surface area contributed by atoms with E-state index in [0.717, 1.165) is 30.2 Å². The summed E-state index contributed by atoms with van der Waals surface area (Å²) in [6.45, 7) is 7.49. The first kappa shape index (κ1) is 27.3. The maximum Gasteiger partial charge on any atom is 0.410 e. The van der Waals surface area contributed by atoms with E-state index < -0.39 is 16.8 Å². The molecule has 1 atom stereocenters. The number of amides is 2. The smallest absolute Gasteiger partial charge is 0.410 e. The van der Waals surface area contributed by atoms with E-state index in [1.165, 1.54) is 0 Å². The first-order chi connectivity index (χ1) is 18.1. The molecule has 1 saturated heterocycles. The molecule has 1 aromatic heterocycles. The second kappa shape index (κ2) is 11.3. The van der Waals surface area contributed by atoms with Crippen LogP contribution in [0, 0.1) is 22.7 Å². The minimum Gasteiger partial charge on any atom is -0.444 e. The molecule has 0 radical (unpaired) electrons. The Morgan fingerprint density at radius 1 is 1.08 bits per heavy atom. The molecule has 2 amide bonds. The largest absolute Gasteiger partial charge is 0.444 e. The summed E-state index contributed by atoms with van der Waals surface area (Å²) in [5.41, 5.74) is 7.35. The molecular weight excluding hydrogens is 500 g/mol. The molecule has 1 aliphatic carbocycles. The number of thioether (sulfide) groups is 1. The van der Waals surface area contributed by atoms with Gasteiger partial charge in [-0.25, -0.2) is 9.78 Å². The van der Waals surface area contributed by atoms with E-state index in [-0.39, 0.29) is 12.0 Å². The zero-order valence-corrected chi connectivity index (χ0v) is 22.8. The van der Waals surface area contributed by atoms with Gasteiger partial charge in [-0.2, -0.15) is 10.5 Å². The van der Waals surface area contributed by atoms with E-state index in [1.54, 1.807) is 4.90 Å². The van der Waals surface area contributed by atoms with Crippen molar-refractivity contribution < 1.29 is 14.3 Å². The molecule has 0 bridgehead atoms. The van der Waals surface area contributed by atoms with E-state index in [1.807, 2.05) is 56.0 Å². The number of ether oxygens (including phenoxy) is 1. The second-order valence-corrected chi connectivity index (χ2v) is 11.6. The van der Waals surface area contributed by atoms with E-state index >= 15 is 0 Å². The molecule has 2 N–H and O–H groups in total. The molecule has 2 heterocycles. The van der Waals surface area contributed by atoms with Crippen LogP contribution in [0.25, 0.3) is 0 Å². The average Bonchev–Trinajstić information content (AvgIpc) is 3.73. The Labute approximate surface area is 227 Å². The Bertz CT molecular complexity index is 1290. The minimum atomic E-state index is -0.740. The highest BCUT2D eigenvalue weighted by Crippen LogP contribution is 2.48. The van der Waals surface area contributed by atoms with E-state index in [9.17, 15) is 20.1 Å². The molecule has 1 aliphatic heterocycles. The van der Waals surface area contributed by atoms with Crippen LogP contribution in [-0.2, 0) is 9.53 Å². The van der Waals surface area contributed by atoms with Crippen molar-refractivity contribution >= 4 is 29.6 Å². The summed E-state index contributed by atoms with van der Waals surface area (Å²) in [6.07, 6.45) is 2.08. The van der Waals surface area contributed by atoms with Gasteiger partial charge in [-0.3, -0.25) is 4.79 Å². The zero-order chi connectivity index (χ0) is 27.4. The predicted octanol–water partition coefficient (Wildman–Crippen LogP) is 4.47. The number of nitriles is 2. The van der Waals surface area contributed by atoms with Gasteiger partial charge in [0.2, 0.25) is 5.91 Å². The van der Waals surface area contributed by atoms with Crippen LogP contribution in [-0.4, -0.2) is 53.7 Å². The van der Waals surface area contributed by atoms with E-state index in [4.69, 9.17) is 15.5 Å². The van der Waals surface area contributed by atoms with Gasteiger partial charge < -0.3 is 20.3 Å². The van der Waals surface area contributed by atoms with Gasteiger partial charge in [0.15, 0.2) is 0 Å². The van der Waals surface area contributed by atoms with Gasteiger partial charge in [0, 0.05) is 26.2 Å². The number of nitrogens with two attached hydrogens (primary N) is 1. The standard InChI is InChI=1S/C28H32N6O3S/c1-28(2,3)37-27(36)34-13-7-12-33(14-15-34)25-20(16-29)22(18-10-11-18)21(17-30)26(32-25)38-23(24(31)35)19-8-5-4-6-9-19/h4-6,8-9,18,23H,7,10-15H2,1-3H3,(H2,31,35). The predicted molar refractivity (Wildman–Crippen MR) is 145 cm³/mol. The van der Waals surface area contributed by atoms with Gasteiger partial charge in [0.05, 0.1) is 11.1 Å². The number of hydrogen-bond donors (Lipinski definition) is 1. The van der Waals surface area contributed by atoms with Crippen LogP contribution in [0.15, 0.2) is 35.4 Å². The Balaban J connectivity index is 1.71. The van der Waals surface area contributed by atoms with Crippen molar-refractivity contribution in [1.29, 1.82) is 10.5 Å². The molecule has 10 heteroatoms. The molecular formula is C28H32N6O3S. The van der Waals surface area contributed by atoms with Gasteiger partial charge in [-0.05, 0) is 57.1 Å². The molecule has 1 aromatic carbocycles. The van der Waals surface area contributed by atoms with Gasteiger partial charge in [0.1, 0.15) is 33.8 Å². The molecule has 1 saturated carbocycles. The van der Waals surface area contributed by atoms with Gasteiger partial charge in [0.25, 0.3) is 0 Å². The third-order valence-electron chi connectivity index (χ3n) is 6.43. The minimum absolute atomic E-state index is 0.106. The van der Waals surface area contributed by atoms with Crippen LogP contribution in [0.2, 0.25) is 0 Å². The number of carbonyl (C=O) groups excluding carboxylic acids is 2. The van der Waals surface area contributed by atoms with Gasteiger partial charge in [-0.15, -0.1) is 0 Å². The van der Waals surface area contributed by atoms with Gasteiger partial charge >= 0.3 is 6.09 Å². The number of carbonyl (C=O) groups is 2. The van der Waals surface area contributed by atoms with Crippen LogP contribution in [0.5, 0.6) is 0 Å². The number of benzene rings is 1. The first-order valence-corrected chi connectivity index (χ1v) is 13.6. The quantitative estimate of drug-likeness (QED) is 0.538. The monoisotopic (exact) mass is 532 g/mol. The van der Waals surface area contributed by atoms with Crippen LogP contribution < -0.4 is 10.6 Å². The van der Waals surface area contributed by atoms with Crippen LogP contribution in [0.1, 0.15) is 73.5 Å². The van der Waals surface area contributed by atoms with Crippen molar-refractivity contribution in [3.05, 3.63) is 52.6 Å². The van der Waals surface area contributed by atoms with Crippen LogP contribution in [0.4, 0.5) is 10.6 Å². The molecule has 0 spiro atoms. The Kier molecular flexibility index (Phi) is 8.13. The van der Waals surface area contributed by atoms with Crippen molar-refractivity contribution in [3.8, 4) is 12.1 Å². The third-order valence-corrected chi connectivity index (χ3v) is 7.69. The highest BCUT2D eigenvalue weighted by molar-refractivity contribution is 8.00. The molecule has 38 heavy (non-hydrogen) atoms. The number of aromatic nitrogens is 1. The lowest BCUT2D eigenvalue weighted by atomic mass is 9.99. The van der Waals surface area contributed by atoms with Crippen LogP contribution in [0.3, 0.4) is 0 Å². The number of anilines is 1. The fraction of sp³-hybridized carbons (Fsp3) is 0.464. The number of nitrogens with zero attached hydrogens (tertiary/aromatic N) is 5. The Morgan fingerprint density at radius 2 is 1.76 bits per heavy atom. The lowest BCUT2D eigenvalue weighted by molar-refractivity contribution is -0.117. The summed E-state index contributed by atoms with van der Waals surface area (Å²) < 4.78 is 5.55. The molecule has 198 valence electrons. The third kappa shape index (κ3) is 6.20. The van der Waals surface area contributed by atoms with Crippen molar-refractivity contribution in [3.63, 3.8) is 0 Å². The summed E-state index contributed by atoms with van der Waals surface area (Å²) in [4.78, 5) is 33.7. The van der Waals surface area contributed by atoms with Crippen LogP contribution >= 0.6 is 11.8 Å². The highest BCUT2D eigenvalue weighted by Gasteiger charge is 2.36. The van der Waals surface area contributed by atoms with Crippen molar-refractivity contribution in [1.82, 2.24) is 9.88 Å². The normalized spacial score (nSPS) is 16.7. The fourth-order valence-electron chi connectivity index (χ4n) is 4.55. The summed E-state index contributed by atoms with van der Waals surface area (Å²) in [7, 11) is 0. The summed E-state index contributed by atoms with van der Waals surface area (Å²) in [5.74, 6) is 0.0566. The lowest BCUT2D eigenvalue weighted by Gasteiger charge is -2.27. The van der Waals surface area contributed by atoms with Gasteiger partial charge in [-0.1, -0.05) is 42.1 Å². The highest BCUT2D eigenvalue weighted by atomic mass is 32.2. The molecule has 2 aliphatic rings. The molecule has 2 aromatic rings. The fourth-order valence-corrected chi connectivity index (χ4v) is 5.59. The number of hydrogen-bond acceptors (Lipinski definition) is 8. The summed E-state index contributed by atoms with van der Waals surface area (Å²) in [6, 6.07) is 13.7. The molecule has 2 fully saturated rings. The van der Waals surface area contributed by atoms with E-state index in [0.29, 0.717) is 60.1 Å². The Morgan fingerprint density at radius 3 is 2.34 bits per heavy atom. The summed E-state index contributed by atoms with van der Waals surface area (Å²) in [5, 5.41) is 20.0. The molecule has 9 nitrogen and oxygen atoms in total. The number of primary amides is 1. The number of pyridine rings is 1. The Hall–Kier alpha value is -3.76. The van der Waals surface area contributed by atoms with Crippen molar-refractivity contribution in [2.24, 2.45) is 5.73 Å². The summed E-state index contributed by atoms with van der Waals surface area (Å²) >= 11 is 1.15.